The van der Waals surface area contributed by atoms with Crippen LogP contribution in [0.25, 0.3) is 0 Å². The lowest BCUT2D eigenvalue weighted by Gasteiger charge is -2.12. The molecule has 1 rings (SSSR count). The van der Waals surface area contributed by atoms with Gasteiger partial charge >= 0.3 is 0 Å². The van der Waals surface area contributed by atoms with Crippen LogP contribution in [-0.2, 0) is 9.53 Å². The molecule has 0 unspecified atom stereocenters. The molecule has 0 spiro atoms. The Morgan fingerprint density at radius 1 is 1.09 bits per heavy atom. The summed E-state index contributed by atoms with van der Waals surface area (Å²) in [6, 6.07) is 9.21. The Hall–Kier alpha value is -1.63. The smallest absolute Gasteiger partial charge is 0.257 e. The number of nitrogens with one attached hydrogen (secondary N) is 1. The summed E-state index contributed by atoms with van der Waals surface area (Å²) in [5.74, 6) is 0.540. The molecular weight excluding hydrogens is 286 g/mol. The van der Waals surface area contributed by atoms with E-state index in [1.165, 1.54) is 0 Å². The lowest BCUT2D eigenvalue weighted by atomic mass is 10.2. The van der Waals surface area contributed by atoms with Crippen LogP contribution in [0.1, 0.15) is 19.3 Å². The Labute approximate surface area is 131 Å². The zero-order chi connectivity index (χ0) is 16.0. The lowest BCUT2D eigenvalue weighted by molar-refractivity contribution is -0.123. The molecule has 1 aromatic carbocycles. The molecule has 0 aliphatic heterocycles. The van der Waals surface area contributed by atoms with E-state index >= 15 is 0 Å². The van der Waals surface area contributed by atoms with Crippen LogP contribution in [0.4, 0.5) is 0 Å². The molecule has 0 fully saturated rings. The fourth-order valence-electron chi connectivity index (χ4n) is 1.76. The van der Waals surface area contributed by atoms with Gasteiger partial charge in [0.25, 0.3) is 5.91 Å². The minimum atomic E-state index is -0.491. The highest BCUT2D eigenvalue weighted by molar-refractivity contribution is 5.77. The number of carbonyl (C=O) groups is 1. The summed E-state index contributed by atoms with van der Waals surface area (Å²) in [5.41, 5.74) is 0. The topological polar surface area (TPSA) is 88.0 Å². The third-order valence-electron chi connectivity index (χ3n) is 3.02. The van der Waals surface area contributed by atoms with E-state index in [1.807, 2.05) is 18.2 Å². The number of aliphatic hydroxyl groups excluding tert-OH is 2. The van der Waals surface area contributed by atoms with E-state index in [1.54, 1.807) is 12.1 Å². The van der Waals surface area contributed by atoms with E-state index in [-0.39, 0.29) is 25.7 Å². The number of amides is 1. The van der Waals surface area contributed by atoms with Gasteiger partial charge in [0.2, 0.25) is 0 Å². The summed E-state index contributed by atoms with van der Waals surface area (Å²) in [4.78, 5) is 11.6. The molecule has 0 saturated heterocycles. The van der Waals surface area contributed by atoms with Crippen LogP contribution in [0.2, 0.25) is 0 Å². The first-order valence-electron chi connectivity index (χ1n) is 7.54. The minimum Gasteiger partial charge on any atom is -0.484 e. The van der Waals surface area contributed by atoms with Crippen molar-refractivity contribution in [1.29, 1.82) is 0 Å². The number of rotatable bonds is 12. The number of aliphatic hydroxyl groups is 2. The van der Waals surface area contributed by atoms with Crippen molar-refractivity contribution < 1.29 is 24.5 Å². The number of benzene rings is 1. The first-order chi connectivity index (χ1) is 10.8. The normalized spacial score (nSPS) is 10.7. The van der Waals surface area contributed by atoms with E-state index in [2.05, 4.69) is 5.32 Å². The molecule has 6 heteroatoms. The summed E-state index contributed by atoms with van der Waals surface area (Å²) in [6.45, 7) is 0.765. The molecule has 0 aliphatic carbocycles. The van der Waals surface area contributed by atoms with Gasteiger partial charge in [-0.05, 0) is 31.4 Å². The number of ether oxygens (including phenoxy) is 2. The summed E-state index contributed by atoms with van der Waals surface area (Å²) in [6.07, 6.45) is 2.09. The molecule has 0 saturated carbocycles. The van der Waals surface area contributed by atoms with E-state index < -0.39 is 6.10 Å². The summed E-state index contributed by atoms with van der Waals surface area (Å²) < 4.78 is 10.6. The number of unbranched alkanes of at least 4 members (excludes halogenated alkanes) is 2. The van der Waals surface area contributed by atoms with Crippen LogP contribution in [-0.4, -0.2) is 55.2 Å². The highest BCUT2D eigenvalue weighted by atomic mass is 16.5. The van der Waals surface area contributed by atoms with E-state index in [0.29, 0.717) is 18.9 Å². The Morgan fingerprint density at radius 2 is 1.82 bits per heavy atom. The fourth-order valence-corrected chi connectivity index (χ4v) is 1.76. The Morgan fingerprint density at radius 3 is 2.50 bits per heavy atom. The first-order valence-corrected chi connectivity index (χ1v) is 7.54. The molecule has 124 valence electrons. The third kappa shape index (κ3) is 8.61. The maximum Gasteiger partial charge on any atom is 0.257 e. The molecule has 0 aliphatic rings. The van der Waals surface area contributed by atoms with Crippen molar-refractivity contribution in [3.8, 4) is 5.75 Å². The van der Waals surface area contributed by atoms with Crippen molar-refractivity contribution in [3.63, 3.8) is 0 Å². The van der Waals surface area contributed by atoms with E-state index in [9.17, 15) is 4.79 Å². The molecule has 0 radical (unpaired) electrons. The van der Waals surface area contributed by atoms with Crippen LogP contribution >= 0.6 is 0 Å². The highest BCUT2D eigenvalue weighted by Crippen LogP contribution is 2.07. The molecule has 6 nitrogen and oxygen atoms in total. The van der Waals surface area contributed by atoms with Crippen molar-refractivity contribution in [3.05, 3.63) is 30.3 Å². The van der Waals surface area contributed by atoms with Gasteiger partial charge in [0.1, 0.15) is 11.9 Å². The third-order valence-corrected chi connectivity index (χ3v) is 3.02. The molecular formula is C16H25NO5. The summed E-state index contributed by atoms with van der Waals surface area (Å²) in [5, 5.41) is 20.4. The second-order valence-corrected chi connectivity index (χ2v) is 4.87. The molecule has 1 aromatic rings. The van der Waals surface area contributed by atoms with Crippen molar-refractivity contribution in [2.45, 2.75) is 25.4 Å². The number of para-hydroxylation sites is 1. The van der Waals surface area contributed by atoms with Crippen molar-refractivity contribution in [1.82, 2.24) is 5.32 Å². The number of carbonyl (C=O) groups excluding carboxylic acids is 1. The zero-order valence-corrected chi connectivity index (χ0v) is 12.7. The average Bonchev–Trinajstić information content (AvgIpc) is 2.56. The summed E-state index contributed by atoms with van der Waals surface area (Å²) in [7, 11) is 0. The first kappa shape index (κ1) is 18.4. The van der Waals surface area contributed by atoms with Crippen LogP contribution in [0, 0.1) is 0 Å². The molecule has 0 aromatic heterocycles. The average molecular weight is 311 g/mol. The van der Waals surface area contributed by atoms with Gasteiger partial charge in [0, 0.05) is 13.2 Å². The lowest BCUT2D eigenvalue weighted by Crippen LogP contribution is -2.29. The second kappa shape index (κ2) is 12.0. The van der Waals surface area contributed by atoms with Gasteiger partial charge in [-0.25, -0.2) is 0 Å². The van der Waals surface area contributed by atoms with E-state index in [4.69, 9.17) is 19.7 Å². The summed E-state index contributed by atoms with van der Waals surface area (Å²) >= 11 is 0. The van der Waals surface area contributed by atoms with Crippen molar-refractivity contribution >= 4 is 5.91 Å². The molecule has 0 bridgehead atoms. The monoisotopic (exact) mass is 311 g/mol. The van der Waals surface area contributed by atoms with Crippen LogP contribution < -0.4 is 10.1 Å². The van der Waals surface area contributed by atoms with Gasteiger partial charge < -0.3 is 25.0 Å². The predicted molar refractivity (Wildman–Crippen MR) is 82.7 cm³/mol. The molecule has 1 amide bonds. The minimum absolute atomic E-state index is 0.0157. The fraction of sp³-hybridized carbons (Fsp3) is 0.562. The van der Waals surface area contributed by atoms with Gasteiger partial charge in [-0.15, -0.1) is 0 Å². The standard InChI is InChI=1S/C16H25NO5/c18-11-15(12-19)21-10-6-2-5-9-17-16(20)13-22-14-7-3-1-4-8-14/h1,3-4,7-8,15,18-19H,2,5-6,9-13H2,(H,17,20). The van der Waals surface area contributed by atoms with Gasteiger partial charge in [-0.2, -0.15) is 0 Å². The van der Waals surface area contributed by atoms with Crippen molar-refractivity contribution in [2.75, 3.05) is 33.0 Å². The largest absolute Gasteiger partial charge is 0.484 e. The van der Waals surface area contributed by atoms with Gasteiger partial charge in [-0.1, -0.05) is 18.2 Å². The van der Waals surface area contributed by atoms with Gasteiger partial charge in [-0.3, -0.25) is 4.79 Å². The maximum atomic E-state index is 11.6. The maximum absolute atomic E-state index is 11.6. The quantitative estimate of drug-likeness (QED) is 0.495. The Kier molecular flexibility index (Phi) is 10.0. The number of hydrogen-bond acceptors (Lipinski definition) is 5. The molecule has 22 heavy (non-hydrogen) atoms. The van der Waals surface area contributed by atoms with Crippen molar-refractivity contribution in [2.24, 2.45) is 0 Å². The Balaban J connectivity index is 1.95. The van der Waals surface area contributed by atoms with Crippen LogP contribution in [0.5, 0.6) is 5.75 Å². The highest BCUT2D eigenvalue weighted by Gasteiger charge is 2.05. The number of hydrogen-bond donors (Lipinski definition) is 3. The van der Waals surface area contributed by atoms with Gasteiger partial charge in [0.05, 0.1) is 13.2 Å². The second-order valence-electron chi connectivity index (χ2n) is 4.87. The van der Waals surface area contributed by atoms with E-state index in [0.717, 1.165) is 19.3 Å². The molecule has 0 heterocycles. The van der Waals surface area contributed by atoms with Gasteiger partial charge in [0.15, 0.2) is 6.61 Å². The zero-order valence-electron chi connectivity index (χ0n) is 12.7. The SMILES string of the molecule is O=C(COc1ccccc1)NCCCCCOC(CO)CO. The molecule has 3 N–H and O–H groups in total. The predicted octanol–water partition coefficient (Wildman–Crippen LogP) is 0.722. The van der Waals surface area contributed by atoms with Crippen LogP contribution in [0.15, 0.2) is 30.3 Å². The molecule has 0 atom stereocenters. The van der Waals surface area contributed by atoms with Crippen LogP contribution in [0.3, 0.4) is 0 Å². The Bertz CT molecular complexity index is 395.